The molecule has 2 heterocycles. The van der Waals surface area contributed by atoms with Crippen LogP contribution in [0.15, 0.2) is 36.4 Å². The van der Waals surface area contributed by atoms with Crippen molar-refractivity contribution < 1.29 is 14.3 Å². The highest BCUT2D eigenvalue weighted by Crippen LogP contribution is 2.24. The maximum atomic E-state index is 12.5. The third kappa shape index (κ3) is 4.93. The van der Waals surface area contributed by atoms with Gasteiger partial charge in [-0.25, -0.2) is 0 Å². The van der Waals surface area contributed by atoms with E-state index >= 15 is 0 Å². The van der Waals surface area contributed by atoms with Gasteiger partial charge in [0.1, 0.15) is 11.4 Å². The zero-order valence-corrected chi connectivity index (χ0v) is 18.6. The molecule has 3 aromatic rings. The number of benzene rings is 1. The van der Waals surface area contributed by atoms with E-state index in [0.717, 1.165) is 17.0 Å². The lowest BCUT2D eigenvalue weighted by Gasteiger charge is -2.23. The Kier molecular flexibility index (Phi) is 6.14. The molecule has 0 aliphatic rings. The van der Waals surface area contributed by atoms with Crippen molar-refractivity contribution in [2.75, 3.05) is 7.11 Å². The molecule has 0 aliphatic carbocycles. The number of methoxy groups -OCH3 is 1. The lowest BCUT2D eigenvalue weighted by molar-refractivity contribution is 0.0840. The SMILES string of the molecule is COc1ccc(-c2cc(C(=O)NNC(=O)c3cc(C(C)C)n(C(C)(C)C)n3)[nH]n2)cc1. The van der Waals surface area contributed by atoms with E-state index in [-0.39, 0.29) is 22.8 Å². The van der Waals surface area contributed by atoms with Gasteiger partial charge in [-0.1, -0.05) is 13.8 Å². The van der Waals surface area contributed by atoms with Crippen LogP contribution < -0.4 is 15.6 Å². The lowest BCUT2D eigenvalue weighted by Crippen LogP contribution is -2.42. The van der Waals surface area contributed by atoms with Crippen LogP contribution in [0.25, 0.3) is 11.3 Å². The minimum atomic E-state index is -0.514. The molecule has 0 spiro atoms. The standard InChI is InChI=1S/C22H28N6O3/c1-13(2)19-12-18(27-28(19)22(3,4)5)21(30)26-25-20(29)17-11-16(23-24-17)14-7-9-15(31-6)10-8-14/h7-13H,1-6H3,(H,23,24)(H,25,29)(H,26,30). The Labute approximate surface area is 181 Å². The van der Waals surface area contributed by atoms with Crippen LogP contribution in [0, 0.1) is 0 Å². The molecule has 9 nitrogen and oxygen atoms in total. The highest BCUT2D eigenvalue weighted by molar-refractivity contribution is 5.97. The van der Waals surface area contributed by atoms with E-state index in [4.69, 9.17) is 4.74 Å². The number of carbonyl (C=O) groups is 2. The molecule has 0 aliphatic heterocycles. The predicted octanol–water partition coefficient (Wildman–Crippen LogP) is 3.24. The topological polar surface area (TPSA) is 114 Å². The first kappa shape index (κ1) is 22.1. The predicted molar refractivity (Wildman–Crippen MR) is 117 cm³/mol. The van der Waals surface area contributed by atoms with Gasteiger partial charge in [-0.05, 0) is 63.1 Å². The number of amides is 2. The summed E-state index contributed by atoms with van der Waals surface area (Å²) in [5.74, 6) is -0.0770. The summed E-state index contributed by atoms with van der Waals surface area (Å²) in [6.07, 6.45) is 0. The molecule has 0 fully saturated rings. The number of ether oxygens (including phenoxy) is 1. The molecule has 1 aromatic carbocycles. The van der Waals surface area contributed by atoms with Gasteiger partial charge in [0.2, 0.25) is 0 Å². The summed E-state index contributed by atoms with van der Waals surface area (Å²) in [5.41, 5.74) is 7.37. The minimum absolute atomic E-state index is 0.198. The van der Waals surface area contributed by atoms with Crippen molar-refractivity contribution >= 4 is 11.8 Å². The van der Waals surface area contributed by atoms with Crippen LogP contribution in [-0.4, -0.2) is 38.9 Å². The maximum Gasteiger partial charge on any atom is 0.290 e. The summed E-state index contributed by atoms with van der Waals surface area (Å²) >= 11 is 0. The smallest absolute Gasteiger partial charge is 0.290 e. The summed E-state index contributed by atoms with van der Waals surface area (Å²) < 4.78 is 6.98. The van der Waals surface area contributed by atoms with Crippen molar-refractivity contribution in [1.82, 2.24) is 30.8 Å². The van der Waals surface area contributed by atoms with Crippen molar-refractivity contribution in [3.05, 3.63) is 53.5 Å². The first-order valence-corrected chi connectivity index (χ1v) is 10.0. The first-order valence-electron chi connectivity index (χ1n) is 10.0. The van der Waals surface area contributed by atoms with Gasteiger partial charge in [0, 0.05) is 11.3 Å². The first-order chi connectivity index (χ1) is 14.6. The summed E-state index contributed by atoms with van der Waals surface area (Å²) in [6, 6.07) is 10.7. The van der Waals surface area contributed by atoms with Crippen molar-refractivity contribution in [2.24, 2.45) is 0 Å². The number of nitrogens with zero attached hydrogens (tertiary/aromatic N) is 3. The quantitative estimate of drug-likeness (QED) is 0.544. The molecule has 0 saturated carbocycles. The Morgan fingerprint density at radius 3 is 2.26 bits per heavy atom. The zero-order valence-electron chi connectivity index (χ0n) is 18.6. The molecule has 0 unspecified atom stereocenters. The van der Waals surface area contributed by atoms with E-state index in [0.29, 0.717) is 5.69 Å². The van der Waals surface area contributed by atoms with Crippen LogP contribution in [0.5, 0.6) is 5.75 Å². The van der Waals surface area contributed by atoms with Crippen LogP contribution in [0.1, 0.15) is 67.2 Å². The highest BCUT2D eigenvalue weighted by atomic mass is 16.5. The van der Waals surface area contributed by atoms with E-state index in [1.165, 1.54) is 0 Å². The fourth-order valence-corrected chi connectivity index (χ4v) is 3.05. The van der Waals surface area contributed by atoms with E-state index in [1.54, 1.807) is 19.2 Å². The Hall–Kier alpha value is -3.62. The average molecular weight is 425 g/mol. The van der Waals surface area contributed by atoms with Gasteiger partial charge in [0.15, 0.2) is 5.69 Å². The van der Waals surface area contributed by atoms with Crippen molar-refractivity contribution in [3.8, 4) is 17.0 Å². The fourth-order valence-electron chi connectivity index (χ4n) is 3.05. The van der Waals surface area contributed by atoms with Gasteiger partial charge in [0.05, 0.1) is 18.3 Å². The monoisotopic (exact) mass is 424 g/mol. The van der Waals surface area contributed by atoms with E-state index in [1.807, 2.05) is 63.6 Å². The summed E-state index contributed by atoms with van der Waals surface area (Å²) in [6.45, 7) is 10.2. The molecule has 0 atom stereocenters. The summed E-state index contributed by atoms with van der Waals surface area (Å²) in [5, 5.41) is 11.3. The van der Waals surface area contributed by atoms with E-state index < -0.39 is 11.8 Å². The molecule has 2 amide bonds. The molecule has 164 valence electrons. The summed E-state index contributed by atoms with van der Waals surface area (Å²) in [7, 11) is 1.59. The van der Waals surface area contributed by atoms with Crippen LogP contribution in [0.3, 0.4) is 0 Å². The van der Waals surface area contributed by atoms with Crippen molar-refractivity contribution in [2.45, 2.75) is 46.1 Å². The number of hydrazine groups is 1. The molecule has 0 bridgehead atoms. The van der Waals surface area contributed by atoms with Crippen LogP contribution in [0.4, 0.5) is 0 Å². The van der Waals surface area contributed by atoms with Crippen molar-refractivity contribution in [3.63, 3.8) is 0 Å². The third-order valence-corrected chi connectivity index (χ3v) is 4.69. The number of H-pyrrole nitrogens is 1. The molecule has 3 rings (SSSR count). The van der Waals surface area contributed by atoms with Crippen LogP contribution in [0.2, 0.25) is 0 Å². The maximum absolute atomic E-state index is 12.5. The van der Waals surface area contributed by atoms with Gasteiger partial charge in [-0.3, -0.25) is 30.2 Å². The third-order valence-electron chi connectivity index (χ3n) is 4.69. The van der Waals surface area contributed by atoms with Gasteiger partial charge in [-0.15, -0.1) is 0 Å². The largest absolute Gasteiger partial charge is 0.497 e. The lowest BCUT2D eigenvalue weighted by atomic mass is 10.1. The van der Waals surface area contributed by atoms with Gasteiger partial charge in [0.25, 0.3) is 11.8 Å². The second kappa shape index (κ2) is 8.63. The highest BCUT2D eigenvalue weighted by Gasteiger charge is 2.24. The number of hydrogen-bond donors (Lipinski definition) is 3. The number of carbonyl (C=O) groups excluding carboxylic acids is 2. The Morgan fingerprint density at radius 1 is 1.06 bits per heavy atom. The number of hydrogen-bond acceptors (Lipinski definition) is 5. The molecule has 0 radical (unpaired) electrons. The molecule has 31 heavy (non-hydrogen) atoms. The van der Waals surface area contributed by atoms with Crippen LogP contribution in [-0.2, 0) is 5.54 Å². The Balaban J connectivity index is 1.67. The van der Waals surface area contributed by atoms with E-state index in [9.17, 15) is 9.59 Å². The molecule has 2 aromatic heterocycles. The molecular weight excluding hydrogens is 396 g/mol. The average Bonchev–Trinajstić information content (AvgIpc) is 3.39. The number of rotatable bonds is 5. The number of aromatic nitrogens is 4. The fraction of sp³-hybridized carbons (Fsp3) is 0.364. The second-order valence-corrected chi connectivity index (χ2v) is 8.50. The van der Waals surface area contributed by atoms with Gasteiger partial charge < -0.3 is 4.74 Å². The minimum Gasteiger partial charge on any atom is -0.497 e. The Bertz CT molecular complexity index is 1070. The second-order valence-electron chi connectivity index (χ2n) is 8.50. The van der Waals surface area contributed by atoms with Crippen molar-refractivity contribution in [1.29, 1.82) is 0 Å². The molecule has 9 heteroatoms. The van der Waals surface area contributed by atoms with Gasteiger partial charge >= 0.3 is 0 Å². The van der Waals surface area contributed by atoms with Crippen LogP contribution >= 0.6 is 0 Å². The molecular formula is C22H28N6O3. The molecule has 0 saturated heterocycles. The van der Waals surface area contributed by atoms with E-state index in [2.05, 4.69) is 26.1 Å². The Morgan fingerprint density at radius 2 is 1.71 bits per heavy atom. The zero-order chi connectivity index (χ0) is 22.8. The van der Waals surface area contributed by atoms with Gasteiger partial charge in [-0.2, -0.15) is 10.2 Å². The normalized spacial score (nSPS) is 11.5. The number of aromatic amines is 1. The number of nitrogens with one attached hydrogen (secondary N) is 3. The molecule has 3 N–H and O–H groups in total. The summed E-state index contributed by atoms with van der Waals surface area (Å²) in [4.78, 5) is 25.0.